The molecule has 0 aliphatic rings. The summed E-state index contributed by atoms with van der Waals surface area (Å²) in [5.41, 5.74) is 5.49. The summed E-state index contributed by atoms with van der Waals surface area (Å²) in [7, 11) is 0. The third kappa shape index (κ3) is 2.18. The van der Waals surface area contributed by atoms with Crippen molar-refractivity contribution in [3.05, 3.63) is 83.0 Å². The van der Waals surface area contributed by atoms with Gasteiger partial charge in [-0.15, -0.1) is 0 Å². The molecule has 0 radical (unpaired) electrons. The molecule has 0 aliphatic carbocycles. The fourth-order valence-corrected chi connectivity index (χ4v) is 2.89. The van der Waals surface area contributed by atoms with E-state index in [-0.39, 0.29) is 0 Å². The second-order valence-corrected chi connectivity index (χ2v) is 5.54. The molecular formula is C18H13ClN2. The zero-order valence-corrected chi connectivity index (χ0v) is 12.1. The van der Waals surface area contributed by atoms with Gasteiger partial charge in [0.15, 0.2) is 0 Å². The van der Waals surface area contributed by atoms with Gasteiger partial charge in [0.05, 0.1) is 11.0 Å². The highest BCUT2D eigenvalue weighted by molar-refractivity contribution is 6.31. The Kier molecular flexibility index (Phi) is 2.90. The maximum atomic E-state index is 6.24. The normalized spacial score (nSPS) is 11.3. The third-order valence-electron chi connectivity index (χ3n) is 3.73. The van der Waals surface area contributed by atoms with Crippen molar-refractivity contribution in [1.29, 1.82) is 0 Å². The molecule has 2 nitrogen and oxygen atoms in total. The van der Waals surface area contributed by atoms with Crippen molar-refractivity contribution in [3.8, 4) is 0 Å². The summed E-state index contributed by atoms with van der Waals surface area (Å²) in [6.45, 7) is 0. The van der Waals surface area contributed by atoms with Gasteiger partial charge in [-0.3, -0.25) is 4.40 Å². The average molecular weight is 293 g/mol. The summed E-state index contributed by atoms with van der Waals surface area (Å²) >= 11 is 6.24. The quantitative estimate of drug-likeness (QED) is 0.522. The molecule has 0 atom stereocenters. The molecule has 2 heterocycles. The van der Waals surface area contributed by atoms with Crippen LogP contribution < -0.4 is 0 Å². The number of benzene rings is 2. The second kappa shape index (κ2) is 4.90. The summed E-state index contributed by atoms with van der Waals surface area (Å²) in [5.74, 6) is 0. The summed E-state index contributed by atoms with van der Waals surface area (Å²) in [6.07, 6.45) is 2.86. The zero-order chi connectivity index (χ0) is 14.2. The predicted molar refractivity (Wildman–Crippen MR) is 87.0 cm³/mol. The molecule has 0 N–H and O–H groups in total. The van der Waals surface area contributed by atoms with E-state index in [4.69, 9.17) is 11.6 Å². The SMILES string of the molecule is Clc1ccccc1Cc1ccc2c(c1)nc1ccccn12. The highest BCUT2D eigenvalue weighted by atomic mass is 35.5. The first kappa shape index (κ1) is 12.4. The number of imidazole rings is 1. The van der Waals surface area contributed by atoms with Gasteiger partial charge in [0.1, 0.15) is 5.65 Å². The number of rotatable bonds is 2. The number of hydrogen-bond donors (Lipinski definition) is 0. The van der Waals surface area contributed by atoms with Gasteiger partial charge in [-0.1, -0.05) is 41.9 Å². The Labute approximate surface area is 127 Å². The van der Waals surface area contributed by atoms with Crippen LogP contribution in [-0.2, 0) is 6.42 Å². The van der Waals surface area contributed by atoms with Gasteiger partial charge in [0, 0.05) is 11.2 Å². The summed E-state index contributed by atoms with van der Waals surface area (Å²) in [4.78, 5) is 4.67. The van der Waals surface area contributed by atoms with Crippen molar-refractivity contribution >= 4 is 28.3 Å². The molecule has 21 heavy (non-hydrogen) atoms. The number of fused-ring (bicyclic) bond motifs is 3. The lowest BCUT2D eigenvalue weighted by atomic mass is 10.0. The topological polar surface area (TPSA) is 17.3 Å². The molecule has 0 saturated carbocycles. The van der Waals surface area contributed by atoms with Crippen molar-refractivity contribution in [3.63, 3.8) is 0 Å². The van der Waals surface area contributed by atoms with Crippen molar-refractivity contribution in [1.82, 2.24) is 9.38 Å². The largest absolute Gasteiger partial charge is 0.300 e. The minimum absolute atomic E-state index is 0.813. The summed E-state index contributed by atoms with van der Waals surface area (Å²) < 4.78 is 2.11. The Morgan fingerprint density at radius 2 is 1.81 bits per heavy atom. The number of hydrogen-bond acceptors (Lipinski definition) is 1. The van der Waals surface area contributed by atoms with E-state index in [2.05, 4.69) is 33.7 Å². The van der Waals surface area contributed by atoms with Crippen LogP contribution in [0.25, 0.3) is 16.7 Å². The fraction of sp³-hybridized carbons (Fsp3) is 0.0556. The molecule has 0 fully saturated rings. The van der Waals surface area contributed by atoms with Crippen LogP contribution in [-0.4, -0.2) is 9.38 Å². The van der Waals surface area contributed by atoms with Gasteiger partial charge in [-0.25, -0.2) is 4.98 Å². The van der Waals surface area contributed by atoms with E-state index in [9.17, 15) is 0 Å². The van der Waals surface area contributed by atoms with Crippen molar-refractivity contribution in [2.24, 2.45) is 0 Å². The van der Waals surface area contributed by atoms with Crippen molar-refractivity contribution in [2.75, 3.05) is 0 Å². The van der Waals surface area contributed by atoms with Crippen LogP contribution in [0.3, 0.4) is 0 Å². The molecule has 3 heteroatoms. The molecule has 0 unspecified atom stereocenters. The van der Waals surface area contributed by atoms with E-state index in [0.29, 0.717) is 0 Å². The van der Waals surface area contributed by atoms with Crippen LogP contribution in [0.15, 0.2) is 66.9 Å². The first-order chi connectivity index (χ1) is 10.3. The van der Waals surface area contributed by atoms with Crippen LogP contribution >= 0.6 is 11.6 Å². The minimum Gasteiger partial charge on any atom is -0.300 e. The highest BCUT2D eigenvalue weighted by Crippen LogP contribution is 2.22. The molecule has 2 aromatic carbocycles. The molecule has 0 bridgehead atoms. The molecule has 4 rings (SSSR count). The van der Waals surface area contributed by atoms with Gasteiger partial charge in [-0.2, -0.15) is 0 Å². The van der Waals surface area contributed by atoms with Gasteiger partial charge in [0.2, 0.25) is 0 Å². The van der Waals surface area contributed by atoms with E-state index in [0.717, 1.165) is 33.7 Å². The molecule has 0 aliphatic heterocycles. The average Bonchev–Trinajstić information content (AvgIpc) is 2.87. The number of nitrogens with zero attached hydrogens (tertiary/aromatic N) is 2. The summed E-state index contributed by atoms with van der Waals surface area (Å²) in [5, 5.41) is 0.813. The minimum atomic E-state index is 0.813. The Bertz CT molecular complexity index is 940. The maximum absolute atomic E-state index is 6.24. The van der Waals surface area contributed by atoms with Crippen LogP contribution in [0.4, 0.5) is 0 Å². The van der Waals surface area contributed by atoms with Gasteiger partial charge in [-0.05, 0) is 47.9 Å². The van der Waals surface area contributed by atoms with Gasteiger partial charge in [0.25, 0.3) is 0 Å². The van der Waals surface area contributed by atoms with E-state index < -0.39 is 0 Å². The molecule has 0 saturated heterocycles. The maximum Gasteiger partial charge on any atom is 0.137 e. The van der Waals surface area contributed by atoms with E-state index >= 15 is 0 Å². The lowest BCUT2D eigenvalue weighted by Gasteiger charge is -2.04. The van der Waals surface area contributed by atoms with E-state index in [1.165, 1.54) is 5.56 Å². The highest BCUT2D eigenvalue weighted by Gasteiger charge is 2.06. The molecule has 4 aromatic rings. The molecule has 0 spiro atoms. The Balaban J connectivity index is 1.80. The summed E-state index contributed by atoms with van der Waals surface area (Å²) in [6, 6.07) is 20.4. The lowest BCUT2D eigenvalue weighted by Crippen LogP contribution is -1.89. The van der Waals surface area contributed by atoms with Crippen molar-refractivity contribution < 1.29 is 0 Å². The van der Waals surface area contributed by atoms with Crippen LogP contribution in [0.1, 0.15) is 11.1 Å². The first-order valence-electron chi connectivity index (χ1n) is 6.90. The molecule has 2 aromatic heterocycles. The Hall–Kier alpha value is -2.32. The van der Waals surface area contributed by atoms with Crippen LogP contribution in [0.5, 0.6) is 0 Å². The smallest absolute Gasteiger partial charge is 0.137 e. The molecule has 0 amide bonds. The second-order valence-electron chi connectivity index (χ2n) is 5.13. The zero-order valence-electron chi connectivity index (χ0n) is 11.3. The molecular weight excluding hydrogens is 280 g/mol. The standard InChI is InChI=1S/C18H13ClN2/c19-15-6-2-1-5-14(15)11-13-8-9-17-16(12-13)20-18-7-3-4-10-21(17)18/h1-10,12H,11H2. The van der Waals surface area contributed by atoms with Crippen LogP contribution in [0, 0.1) is 0 Å². The number of pyridine rings is 1. The van der Waals surface area contributed by atoms with Crippen molar-refractivity contribution in [2.45, 2.75) is 6.42 Å². The van der Waals surface area contributed by atoms with Gasteiger partial charge < -0.3 is 0 Å². The lowest BCUT2D eigenvalue weighted by molar-refractivity contribution is 1.19. The monoisotopic (exact) mass is 292 g/mol. The first-order valence-corrected chi connectivity index (χ1v) is 7.28. The fourth-order valence-electron chi connectivity index (χ4n) is 2.69. The van der Waals surface area contributed by atoms with Gasteiger partial charge >= 0.3 is 0 Å². The van der Waals surface area contributed by atoms with Crippen LogP contribution in [0.2, 0.25) is 5.02 Å². The number of halogens is 1. The number of aromatic nitrogens is 2. The Morgan fingerprint density at radius 1 is 0.952 bits per heavy atom. The van der Waals surface area contributed by atoms with E-state index in [1.807, 2.05) is 42.6 Å². The predicted octanol–water partition coefficient (Wildman–Crippen LogP) is 4.73. The Morgan fingerprint density at radius 3 is 2.71 bits per heavy atom. The van der Waals surface area contributed by atoms with E-state index in [1.54, 1.807) is 0 Å². The molecule has 102 valence electrons. The third-order valence-corrected chi connectivity index (χ3v) is 4.09.